The van der Waals surface area contributed by atoms with E-state index in [1.165, 1.54) is 12.1 Å². The van der Waals surface area contributed by atoms with Gasteiger partial charge in [0, 0.05) is 17.7 Å². The molecule has 1 aromatic rings. The predicted molar refractivity (Wildman–Crippen MR) is 65.8 cm³/mol. The van der Waals surface area contributed by atoms with Gasteiger partial charge in [-0.25, -0.2) is 4.39 Å². The average Bonchev–Trinajstić information content (AvgIpc) is 2.25. The molecule has 1 aromatic carbocycles. The van der Waals surface area contributed by atoms with E-state index < -0.39 is 11.9 Å². The number of amides is 1. The molecule has 0 radical (unpaired) electrons. The van der Waals surface area contributed by atoms with E-state index in [0.717, 1.165) is 6.07 Å². The minimum atomic E-state index is -0.784. The Labute approximate surface area is 106 Å². The number of carbonyl (C=O) groups is 1. The van der Waals surface area contributed by atoms with Crippen molar-refractivity contribution in [2.45, 2.75) is 32.9 Å². The van der Waals surface area contributed by atoms with Crippen LogP contribution in [0, 0.1) is 5.82 Å². The maximum Gasteiger partial charge on any atom is 0.258 e. The number of hydrogen-bond donors (Lipinski definition) is 2. The summed E-state index contributed by atoms with van der Waals surface area (Å²) in [6.07, 6.45) is -0.784. The smallest absolute Gasteiger partial charge is 0.258 e. The first-order valence-electron chi connectivity index (χ1n) is 5.80. The summed E-state index contributed by atoms with van der Waals surface area (Å²) in [6.45, 7) is 5.01. The molecule has 0 spiro atoms. The van der Waals surface area contributed by atoms with Gasteiger partial charge in [0.15, 0.2) is 6.61 Å². The molecule has 1 rings (SSSR count). The molecule has 1 atom stereocenters. The second-order valence-corrected chi connectivity index (χ2v) is 4.37. The standard InChI is InChI=1S/C13H18FNO3/c1-8(2)15-13(17)7-18-12-6-10(14)4-5-11(12)9(3)16/h4-6,8-9,16H,7H2,1-3H3,(H,15,17)/t9-/m0/s1. The van der Waals surface area contributed by atoms with E-state index >= 15 is 0 Å². The van der Waals surface area contributed by atoms with E-state index in [9.17, 15) is 14.3 Å². The molecule has 18 heavy (non-hydrogen) atoms. The van der Waals surface area contributed by atoms with E-state index in [-0.39, 0.29) is 24.3 Å². The molecule has 0 saturated heterocycles. The monoisotopic (exact) mass is 255 g/mol. The third kappa shape index (κ3) is 4.33. The number of hydrogen-bond acceptors (Lipinski definition) is 3. The van der Waals surface area contributed by atoms with Gasteiger partial charge in [-0.2, -0.15) is 0 Å². The molecule has 0 aliphatic rings. The van der Waals surface area contributed by atoms with Crippen molar-refractivity contribution in [2.24, 2.45) is 0 Å². The van der Waals surface area contributed by atoms with Gasteiger partial charge < -0.3 is 15.2 Å². The number of halogens is 1. The van der Waals surface area contributed by atoms with Crippen LogP contribution < -0.4 is 10.1 Å². The first-order chi connectivity index (χ1) is 8.40. The Morgan fingerprint density at radius 3 is 2.67 bits per heavy atom. The summed E-state index contributed by atoms with van der Waals surface area (Å²) < 4.78 is 18.3. The summed E-state index contributed by atoms with van der Waals surface area (Å²) in [7, 11) is 0. The third-order valence-corrected chi connectivity index (χ3v) is 2.23. The van der Waals surface area contributed by atoms with Crippen LogP contribution >= 0.6 is 0 Å². The normalized spacial score (nSPS) is 12.3. The Morgan fingerprint density at radius 1 is 1.44 bits per heavy atom. The van der Waals surface area contributed by atoms with Gasteiger partial charge in [0.1, 0.15) is 11.6 Å². The highest BCUT2D eigenvalue weighted by Crippen LogP contribution is 2.25. The molecule has 1 amide bonds. The fraction of sp³-hybridized carbons (Fsp3) is 0.462. The maximum atomic E-state index is 13.1. The van der Waals surface area contributed by atoms with Crippen molar-refractivity contribution >= 4 is 5.91 Å². The summed E-state index contributed by atoms with van der Waals surface area (Å²) in [6, 6.07) is 3.86. The average molecular weight is 255 g/mol. The maximum absolute atomic E-state index is 13.1. The molecule has 0 bridgehead atoms. The number of rotatable bonds is 5. The van der Waals surface area contributed by atoms with E-state index in [1.807, 2.05) is 13.8 Å². The number of ether oxygens (including phenoxy) is 1. The minimum Gasteiger partial charge on any atom is -0.483 e. The molecule has 0 unspecified atom stereocenters. The number of benzene rings is 1. The Balaban J connectivity index is 2.71. The van der Waals surface area contributed by atoms with E-state index in [2.05, 4.69) is 5.32 Å². The summed E-state index contributed by atoms with van der Waals surface area (Å²) in [5.74, 6) is -0.576. The van der Waals surface area contributed by atoms with Crippen LogP contribution in [0.25, 0.3) is 0 Å². The number of carbonyl (C=O) groups excluding carboxylic acids is 1. The Kier molecular flexibility index (Phi) is 5.09. The predicted octanol–water partition coefficient (Wildman–Crippen LogP) is 1.78. The Bertz CT molecular complexity index is 419. The molecule has 0 fully saturated rings. The molecule has 5 heteroatoms. The lowest BCUT2D eigenvalue weighted by Gasteiger charge is -2.14. The van der Waals surface area contributed by atoms with Gasteiger partial charge in [-0.15, -0.1) is 0 Å². The first-order valence-corrected chi connectivity index (χ1v) is 5.80. The largest absolute Gasteiger partial charge is 0.483 e. The number of aliphatic hydroxyl groups is 1. The molecular formula is C13H18FNO3. The second-order valence-electron chi connectivity index (χ2n) is 4.37. The number of aliphatic hydroxyl groups excluding tert-OH is 1. The molecule has 2 N–H and O–H groups in total. The second kappa shape index (κ2) is 6.35. The zero-order valence-electron chi connectivity index (χ0n) is 10.7. The van der Waals surface area contributed by atoms with Crippen LogP contribution in [0.5, 0.6) is 5.75 Å². The van der Waals surface area contributed by atoms with Gasteiger partial charge in [-0.3, -0.25) is 4.79 Å². The van der Waals surface area contributed by atoms with Crippen molar-refractivity contribution in [2.75, 3.05) is 6.61 Å². The van der Waals surface area contributed by atoms with E-state index in [0.29, 0.717) is 5.56 Å². The fourth-order valence-corrected chi connectivity index (χ4v) is 1.49. The molecule has 0 aliphatic heterocycles. The lowest BCUT2D eigenvalue weighted by atomic mass is 10.1. The lowest BCUT2D eigenvalue weighted by Crippen LogP contribution is -2.34. The van der Waals surface area contributed by atoms with Crippen LogP contribution in [0.15, 0.2) is 18.2 Å². The SMILES string of the molecule is CC(C)NC(=O)COc1cc(F)ccc1[C@H](C)O. The lowest BCUT2D eigenvalue weighted by molar-refractivity contribution is -0.123. The van der Waals surface area contributed by atoms with Gasteiger partial charge in [0.25, 0.3) is 5.91 Å². The van der Waals surface area contributed by atoms with E-state index in [1.54, 1.807) is 6.92 Å². The Morgan fingerprint density at radius 2 is 2.11 bits per heavy atom. The minimum absolute atomic E-state index is 0.0184. The van der Waals surface area contributed by atoms with Crippen LogP contribution in [0.1, 0.15) is 32.4 Å². The summed E-state index contributed by atoms with van der Waals surface area (Å²) in [5.41, 5.74) is 0.453. The van der Waals surface area contributed by atoms with Crippen LogP contribution in [-0.4, -0.2) is 23.7 Å². The third-order valence-electron chi connectivity index (χ3n) is 2.23. The van der Waals surface area contributed by atoms with Crippen molar-refractivity contribution < 1.29 is 19.0 Å². The fourth-order valence-electron chi connectivity index (χ4n) is 1.49. The molecular weight excluding hydrogens is 237 g/mol. The highest BCUT2D eigenvalue weighted by atomic mass is 19.1. The molecule has 0 heterocycles. The van der Waals surface area contributed by atoms with Crippen molar-refractivity contribution in [1.82, 2.24) is 5.32 Å². The van der Waals surface area contributed by atoms with Gasteiger partial charge in [0.2, 0.25) is 0 Å². The highest BCUT2D eigenvalue weighted by Gasteiger charge is 2.12. The summed E-state index contributed by atoms with van der Waals surface area (Å²) in [4.78, 5) is 11.4. The first kappa shape index (κ1) is 14.4. The van der Waals surface area contributed by atoms with Crippen molar-refractivity contribution in [3.63, 3.8) is 0 Å². The topological polar surface area (TPSA) is 58.6 Å². The quantitative estimate of drug-likeness (QED) is 0.843. The van der Waals surface area contributed by atoms with Crippen LogP contribution in [0.3, 0.4) is 0 Å². The van der Waals surface area contributed by atoms with Gasteiger partial charge in [-0.05, 0) is 32.9 Å². The van der Waals surface area contributed by atoms with Gasteiger partial charge in [0.05, 0.1) is 6.10 Å². The number of nitrogens with one attached hydrogen (secondary N) is 1. The molecule has 0 aromatic heterocycles. The molecule has 0 saturated carbocycles. The summed E-state index contributed by atoms with van der Waals surface area (Å²) in [5, 5.41) is 12.2. The van der Waals surface area contributed by atoms with Crippen molar-refractivity contribution in [1.29, 1.82) is 0 Å². The Hall–Kier alpha value is -1.62. The highest BCUT2D eigenvalue weighted by molar-refractivity contribution is 5.77. The summed E-state index contributed by atoms with van der Waals surface area (Å²) >= 11 is 0. The van der Waals surface area contributed by atoms with Crippen molar-refractivity contribution in [3.05, 3.63) is 29.6 Å². The van der Waals surface area contributed by atoms with Gasteiger partial charge in [-0.1, -0.05) is 0 Å². The van der Waals surface area contributed by atoms with Crippen molar-refractivity contribution in [3.8, 4) is 5.75 Å². The molecule has 0 aliphatic carbocycles. The zero-order chi connectivity index (χ0) is 13.7. The van der Waals surface area contributed by atoms with Crippen LogP contribution in [0.2, 0.25) is 0 Å². The van der Waals surface area contributed by atoms with Crippen LogP contribution in [-0.2, 0) is 4.79 Å². The zero-order valence-corrected chi connectivity index (χ0v) is 10.7. The van der Waals surface area contributed by atoms with Crippen LogP contribution in [0.4, 0.5) is 4.39 Å². The van der Waals surface area contributed by atoms with Gasteiger partial charge >= 0.3 is 0 Å². The van der Waals surface area contributed by atoms with E-state index in [4.69, 9.17) is 4.74 Å². The molecule has 4 nitrogen and oxygen atoms in total. The molecule has 100 valence electrons.